The lowest BCUT2D eigenvalue weighted by Crippen LogP contribution is -2.28. The number of hydrogen-bond acceptors (Lipinski definition) is 3. The fraction of sp³-hybridized carbons (Fsp3) is 0.562. The first kappa shape index (κ1) is 17.8. The lowest BCUT2D eigenvalue weighted by atomic mass is 10.0. The molecule has 1 atom stereocenters. The van der Waals surface area contributed by atoms with Crippen molar-refractivity contribution in [3.63, 3.8) is 0 Å². The number of hydrogen-bond donors (Lipinski definition) is 2. The van der Waals surface area contributed by atoms with E-state index in [9.17, 15) is 4.79 Å². The molecule has 1 aliphatic rings. The number of halogens is 1. The number of carbonyl (C=O) groups excluding carboxylic acids is 1. The van der Waals surface area contributed by atoms with Crippen molar-refractivity contribution >= 4 is 18.3 Å². The number of aryl methyl sites for hydroxylation is 1. The molecule has 1 heterocycles. The Morgan fingerprint density at radius 1 is 1.38 bits per heavy atom. The van der Waals surface area contributed by atoms with Crippen molar-refractivity contribution in [1.82, 2.24) is 10.6 Å². The Morgan fingerprint density at radius 2 is 2.14 bits per heavy atom. The largest absolute Gasteiger partial charge is 0.492 e. The van der Waals surface area contributed by atoms with Crippen LogP contribution in [0.1, 0.15) is 24.8 Å². The average molecular weight is 313 g/mol. The molecule has 1 amide bonds. The van der Waals surface area contributed by atoms with Gasteiger partial charge in [0.25, 0.3) is 0 Å². The standard InChI is InChI=1S/C16H24N2O2.ClH/c1-13-2-5-15(6-3-13)20-11-10-18-16(19)7-4-14-8-9-17-12-14;/h2-3,5-6,14,17H,4,7-12H2,1H3,(H,18,19);1H. The molecule has 1 aliphatic heterocycles. The summed E-state index contributed by atoms with van der Waals surface area (Å²) in [5, 5.41) is 6.22. The highest BCUT2D eigenvalue weighted by molar-refractivity contribution is 5.85. The minimum atomic E-state index is 0. The Labute approximate surface area is 133 Å². The molecule has 0 radical (unpaired) electrons. The minimum absolute atomic E-state index is 0. The average Bonchev–Trinajstić information content (AvgIpc) is 2.96. The molecule has 0 bridgehead atoms. The van der Waals surface area contributed by atoms with E-state index in [-0.39, 0.29) is 18.3 Å². The molecule has 2 N–H and O–H groups in total. The quantitative estimate of drug-likeness (QED) is 0.760. The molecule has 1 fully saturated rings. The second-order valence-electron chi connectivity index (χ2n) is 5.41. The van der Waals surface area contributed by atoms with E-state index < -0.39 is 0 Å². The van der Waals surface area contributed by atoms with Crippen molar-refractivity contribution < 1.29 is 9.53 Å². The number of carbonyl (C=O) groups is 1. The molecule has 1 aromatic carbocycles. The normalized spacial score (nSPS) is 17.1. The highest BCUT2D eigenvalue weighted by Gasteiger charge is 2.15. The van der Waals surface area contributed by atoms with Crippen LogP contribution in [0.3, 0.4) is 0 Å². The summed E-state index contributed by atoms with van der Waals surface area (Å²) in [5.74, 6) is 1.65. The summed E-state index contributed by atoms with van der Waals surface area (Å²) >= 11 is 0. The molecule has 1 aromatic rings. The van der Waals surface area contributed by atoms with Crippen LogP contribution < -0.4 is 15.4 Å². The van der Waals surface area contributed by atoms with Gasteiger partial charge in [0, 0.05) is 6.42 Å². The Balaban J connectivity index is 0.00000220. The molecule has 0 saturated carbocycles. The van der Waals surface area contributed by atoms with Crippen LogP contribution in [-0.2, 0) is 4.79 Å². The zero-order valence-electron chi connectivity index (χ0n) is 12.6. The third-order valence-electron chi connectivity index (χ3n) is 3.66. The lowest BCUT2D eigenvalue weighted by molar-refractivity contribution is -0.121. The summed E-state index contributed by atoms with van der Waals surface area (Å²) in [6.07, 6.45) is 2.80. The number of benzene rings is 1. The molecule has 1 unspecified atom stereocenters. The van der Waals surface area contributed by atoms with E-state index in [2.05, 4.69) is 10.6 Å². The predicted molar refractivity (Wildman–Crippen MR) is 87.1 cm³/mol. The van der Waals surface area contributed by atoms with Crippen LogP contribution in [-0.4, -0.2) is 32.1 Å². The highest BCUT2D eigenvalue weighted by atomic mass is 35.5. The molecule has 0 aliphatic carbocycles. The van der Waals surface area contributed by atoms with Crippen molar-refractivity contribution in [1.29, 1.82) is 0 Å². The molecule has 2 rings (SSSR count). The van der Waals surface area contributed by atoms with Gasteiger partial charge in [0.05, 0.1) is 6.54 Å². The van der Waals surface area contributed by atoms with Crippen molar-refractivity contribution in [2.45, 2.75) is 26.2 Å². The van der Waals surface area contributed by atoms with Crippen molar-refractivity contribution in [3.05, 3.63) is 29.8 Å². The Morgan fingerprint density at radius 3 is 2.81 bits per heavy atom. The zero-order valence-corrected chi connectivity index (χ0v) is 13.4. The number of rotatable bonds is 7. The predicted octanol–water partition coefficient (Wildman–Crippen LogP) is 2.30. The SMILES string of the molecule is Cc1ccc(OCCNC(=O)CCC2CCNC2)cc1.Cl. The third kappa shape index (κ3) is 6.82. The van der Waals surface area contributed by atoms with Gasteiger partial charge >= 0.3 is 0 Å². The van der Waals surface area contributed by atoms with Crippen LogP contribution >= 0.6 is 12.4 Å². The Hall–Kier alpha value is -1.26. The Bertz CT molecular complexity index is 417. The molecule has 0 spiro atoms. The van der Waals surface area contributed by atoms with E-state index in [0.29, 0.717) is 25.5 Å². The monoisotopic (exact) mass is 312 g/mol. The van der Waals surface area contributed by atoms with E-state index >= 15 is 0 Å². The summed E-state index contributed by atoms with van der Waals surface area (Å²) in [5.41, 5.74) is 1.21. The molecular formula is C16H25ClN2O2. The summed E-state index contributed by atoms with van der Waals surface area (Å²) in [6.45, 7) is 5.28. The molecule has 21 heavy (non-hydrogen) atoms. The fourth-order valence-electron chi connectivity index (χ4n) is 2.38. The van der Waals surface area contributed by atoms with Crippen LogP contribution in [0.4, 0.5) is 0 Å². The summed E-state index contributed by atoms with van der Waals surface area (Å²) in [4.78, 5) is 11.7. The van der Waals surface area contributed by atoms with Gasteiger partial charge in [0.2, 0.25) is 5.91 Å². The van der Waals surface area contributed by atoms with Crippen molar-refractivity contribution in [2.75, 3.05) is 26.2 Å². The second-order valence-corrected chi connectivity index (χ2v) is 5.41. The van der Waals surface area contributed by atoms with Crippen LogP contribution in [0, 0.1) is 12.8 Å². The first-order valence-corrected chi connectivity index (χ1v) is 7.41. The van der Waals surface area contributed by atoms with E-state index in [0.717, 1.165) is 25.3 Å². The maximum atomic E-state index is 11.7. The minimum Gasteiger partial charge on any atom is -0.492 e. The van der Waals surface area contributed by atoms with Gasteiger partial charge in [-0.25, -0.2) is 0 Å². The van der Waals surface area contributed by atoms with Gasteiger partial charge in [-0.2, -0.15) is 0 Å². The van der Waals surface area contributed by atoms with Crippen LogP contribution in [0.5, 0.6) is 5.75 Å². The number of nitrogens with one attached hydrogen (secondary N) is 2. The van der Waals surface area contributed by atoms with Gasteiger partial charge in [-0.05, 0) is 50.9 Å². The smallest absolute Gasteiger partial charge is 0.220 e. The van der Waals surface area contributed by atoms with Gasteiger partial charge < -0.3 is 15.4 Å². The van der Waals surface area contributed by atoms with E-state index in [1.165, 1.54) is 12.0 Å². The molecular weight excluding hydrogens is 288 g/mol. The lowest BCUT2D eigenvalue weighted by Gasteiger charge is -2.09. The molecule has 4 nitrogen and oxygen atoms in total. The van der Waals surface area contributed by atoms with E-state index in [1.54, 1.807) is 0 Å². The van der Waals surface area contributed by atoms with Gasteiger partial charge in [0.1, 0.15) is 12.4 Å². The topological polar surface area (TPSA) is 50.4 Å². The van der Waals surface area contributed by atoms with Gasteiger partial charge in [-0.15, -0.1) is 12.4 Å². The molecule has 118 valence electrons. The zero-order chi connectivity index (χ0) is 14.2. The maximum absolute atomic E-state index is 11.7. The first-order chi connectivity index (χ1) is 9.74. The third-order valence-corrected chi connectivity index (χ3v) is 3.66. The number of ether oxygens (including phenoxy) is 1. The van der Waals surface area contributed by atoms with Gasteiger partial charge in [-0.3, -0.25) is 4.79 Å². The van der Waals surface area contributed by atoms with Crippen molar-refractivity contribution in [2.24, 2.45) is 5.92 Å². The highest BCUT2D eigenvalue weighted by Crippen LogP contribution is 2.14. The summed E-state index contributed by atoms with van der Waals surface area (Å²) < 4.78 is 5.56. The Kier molecular flexibility index (Phi) is 8.16. The maximum Gasteiger partial charge on any atom is 0.220 e. The number of amides is 1. The van der Waals surface area contributed by atoms with Gasteiger partial charge in [0.15, 0.2) is 0 Å². The van der Waals surface area contributed by atoms with Gasteiger partial charge in [-0.1, -0.05) is 17.7 Å². The molecule has 0 aromatic heterocycles. The van der Waals surface area contributed by atoms with E-state index in [4.69, 9.17) is 4.74 Å². The fourth-order valence-corrected chi connectivity index (χ4v) is 2.38. The van der Waals surface area contributed by atoms with Crippen LogP contribution in [0.15, 0.2) is 24.3 Å². The second kappa shape index (κ2) is 9.64. The van der Waals surface area contributed by atoms with Crippen molar-refractivity contribution in [3.8, 4) is 5.75 Å². The summed E-state index contributed by atoms with van der Waals surface area (Å²) in [7, 11) is 0. The summed E-state index contributed by atoms with van der Waals surface area (Å²) in [6, 6.07) is 7.93. The van der Waals surface area contributed by atoms with Crippen LogP contribution in [0.2, 0.25) is 0 Å². The molecule has 1 saturated heterocycles. The van der Waals surface area contributed by atoms with E-state index in [1.807, 2.05) is 31.2 Å². The first-order valence-electron chi connectivity index (χ1n) is 7.41. The molecule has 5 heteroatoms. The van der Waals surface area contributed by atoms with Crippen LogP contribution in [0.25, 0.3) is 0 Å².